The van der Waals surface area contributed by atoms with E-state index in [1.165, 1.54) is 30.5 Å². The van der Waals surface area contributed by atoms with Gasteiger partial charge in [-0.05, 0) is 35.4 Å². The van der Waals surface area contributed by atoms with Crippen LogP contribution in [0.25, 0.3) is 11.1 Å². The largest absolute Gasteiger partial charge is 0.479 e. The number of aliphatic hydroxyl groups excluding tert-OH is 2. The molecule has 1 aliphatic rings. The van der Waals surface area contributed by atoms with E-state index in [0.717, 1.165) is 33.5 Å². The molecule has 1 fully saturated rings. The molecule has 5 atom stereocenters. The van der Waals surface area contributed by atoms with Crippen molar-refractivity contribution in [1.82, 2.24) is 14.1 Å². The first-order valence-corrected chi connectivity index (χ1v) is 14.1. The molecule has 41 heavy (non-hydrogen) atoms. The molecule has 4 rings (SSSR count). The lowest BCUT2D eigenvalue weighted by molar-refractivity contribution is -0.137. The average Bonchev–Trinajstić information content (AvgIpc) is 3.17. The minimum atomic E-state index is -4.95. The number of pyridine rings is 1. The molecule has 1 aliphatic heterocycles. The van der Waals surface area contributed by atoms with Gasteiger partial charge in [-0.3, -0.25) is 23.4 Å². The monoisotopic (exact) mass is 623 g/mol. The number of aromatic nitrogens is 3. The van der Waals surface area contributed by atoms with E-state index in [-0.39, 0.29) is 12.2 Å². The lowest BCUT2D eigenvalue weighted by Gasteiger charge is -2.19. The minimum absolute atomic E-state index is 0.199. The molecule has 3 heterocycles. The SMILES string of the molecule is O=c1ccn(C2OC(COP(=O)(O)OP(O)O)C(O)C2O)c(=O)n1Cc1cc(-c2ccc(C(F)(F)F)cc2)ccn1. The van der Waals surface area contributed by atoms with Crippen molar-refractivity contribution in [2.75, 3.05) is 6.61 Å². The van der Waals surface area contributed by atoms with E-state index in [0.29, 0.717) is 11.1 Å². The van der Waals surface area contributed by atoms with Crippen LogP contribution < -0.4 is 11.2 Å². The quantitative estimate of drug-likeness (QED) is 0.213. The Morgan fingerprint density at radius 2 is 1.73 bits per heavy atom. The molecular weight excluding hydrogens is 601 g/mol. The molecule has 0 amide bonds. The molecule has 2 aromatic heterocycles. The van der Waals surface area contributed by atoms with Gasteiger partial charge in [0.15, 0.2) is 6.23 Å². The topological polar surface area (TPSA) is 203 Å². The first-order valence-electron chi connectivity index (χ1n) is 11.5. The summed E-state index contributed by atoms with van der Waals surface area (Å²) in [6, 6.07) is 8.35. The maximum atomic E-state index is 13.2. The van der Waals surface area contributed by atoms with E-state index in [9.17, 15) is 42.4 Å². The van der Waals surface area contributed by atoms with Gasteiger partial charge in [0.05, 0.1) is 24.4 Å². The third kappa shape index (κ3) is 7.34. The van der Waals surface area contributed by atoms with Crippen LogP contribution in [0.3, 0.4) is 0 Å². The van der Waals surface area contributed by atoms with Crippen molar-refractivity contribution < 1.29 is 56.2 Å². The molecule has 0 spiro atoms. The van der Waals surface area contributed by atoms with Crippen molar-refractivity contribution in [1.29, 1.82) is 0 Å². The predicted octanol–water partition coefficient (Wildman–Crippen LogP) is 1.10. The fraction of sp³-hybridized carbons (Fsp3) is 0.318. The summed E-state index contributed by atoms with van der Waals surface area (Å²) in [4.78, 5) is 56.7. The van der Waals surface area contributed by atoms with Crippen LogP contribution in [0, 0.1) is 0 Å². The molecule has 19 heteroatoms. The summed E-state index contributed by atoms with van der Waals surface area (Å²) in [5, 5.41) is 20.8. The van der Waals surface area contributed by atoms with Crippen LogP contribution in [0.2, 0.25) is 0 Å². The highest BCUT2D eigenvalue weighted by Gasteiger charge is 2.45. The number of rotatable bonds is 9. The fourth-order valence-electron chi connectivity index (χ4n) is 4.01. The van der Waals surface area contributed by atoms with Crippen LogP contribution in [0.15, 0.2) is 64.4 Å². The number of benzene rings is 1. The van der Waals surface area contributed by atoms with E-state index < -0.39 is 70.6 Å². The van der Waals surface area contributed by atoms with Gasteiger partial charge in [0.1, 0.15) is 18.3 Å². The highest BCUT2D eigenvalue weighted by Crippen LogP contribution is 2.53. The van der Waals surface area contributed by atoms with Gasteiger partial charge in [0.2, 0.25) is 0 Å². The molecular formula is C22H22F3N3O11P2. The summed E-state index contributed by atoms with van der Waals surface area (Å²) in [6.45, 7) is -1.23. The standard InChI is InChI=1S/C22H22F3N3O11P2/c23-22(24,25)14-3-1-12(2-4-14)13-5-7-26-15(9-13)10-28-17(29)6-8-27(21(28)32)20-19(31)18(30)16(38-20)11-37-41(35,36)39-40(33)34/h1-9,16,18-20,30-31,33-34H,10-11H2,(H,35,36). The zero-order valence-corrected chi connectivity index (χ0v) is 22.3. The van der Waals surface area contributed by atoms with Crippen LogP contribution in [-0.2, 0) is 30.9 Å². The van der Waals surface area contributed by atoms with Crippen LogP contribution in [0.5, 0.6) is 0 Å². The second-order valence-corrected chi connectivity index (χ2v) is 11.0. The summed E-state index contributed by atoms with van der Waals surface area (Å²) in [6.07, 6.45) is -8.70. The lowest BCUT2D eigenvalue weighted by atomic mass is 10.0. The van der Waals surface area contributed by atoms with Crippen molar-refractivity contribution in [2.45, 2.75) is 37.3 Å². The third-order valence-electron chi connectivity index (χ3n) is 5.97. The summed E-state index contributed by atoms with van der Waals surface area (Å²) in [5.74, 6) is 0. The molecule has 1 aromatic carbocycles. The van der Waals surface area contributed by atoms with E-state index >= 15 is 0 Å². The fourth-order valence-corrected chi connectivity index (χ4v) is 5.27. The number of aliphatic hydroxyl groups is 2. The molecule has 0 bridgehead atoms. The number of hydrogen-bond donors (Lipinski definition) is 5. The summed E-state index contributed by atoms with van der Waals surface area (Å²) in [7, 11) is -8.20. The molecule has 5 N–H and O–H groups in total. The summed E-state index contributed by atoms with van der Waals surface area (Å²) >= 11 is 0. The number of hydrogen-bond acceptors (Lipinski definition) is 11. The highest BCUT2D eigenvalue weighted by atomic mass is 31.3. The Kier molecular flexibility index (Phi) is 9.26. The molecule has 222 valence electrons. The van der Waals surface area contributed by atoms with Gasteiger partial charge in [-0.2, -0.15) is 13.2 Å². The van der Waals surface area contributed by atoms with E-state index in [1.807, 2.05) is 0 Å². The van der Waals surface area contributed by atoms with Gasteiger partial charge in [-0.1, -0.05) is 12.1 Å². The second-order valence-electron chi connectivity index (χ2n) is 8.69. The molecule has 14 nitrogen and oxygen atoms in total. The second kappa shape index (κ2) is 12.2. The van der Waals surface area contributed by atoms with E-state index in [4.69, 9.17) is 14.5 Å². The maximum Gasteiger partial charge on any atom is 0.479 e. The normalized spacial score (nSPS) is 22.7. The number of nitrogens with zero attached hydrogens (tertiary/aromatic N) is 3. The molecule has 1 saturated heterocycles. The Labute approximate surface area is 229 Å². The average molecular weight is 623 g/mol. The molecule has 3 aromatic rings. The number of alkyl halides is 3. The van der Waals surface area contributed by atoms with Crippen molar-refractivity contribution in [3.8, 4) is 11.1 Å². The highest BCUT2D eigenvalue weighted by molar-refractivity contribution is 7.57. The zero-order chi connectivity index (χ0) is 30.1. The summed E-state index contributed by atoms with van der Waals surface area (Å²) in [5.41, 5.74) is -1.48. The molecule has 0 saturated carbocycles. The van der Waals surface area contributed by atoms with Gasteiger partial charge < -0.3 is 29.6 Å². The Morgan fingerprint density at radius 3 is 2.37 bits per heavy atom. The first kappa shape index (κ1) is 31.1. The van der Waals surface area contributed by atoms with Gasteiger partial charge >= 0.3 is 28.3 Å². The van der Waals surface area contributed by atoms with Crippen LogP contribution in [-0.4, -0.2) is 63.9 Å². The zero-order valence-electron chi connectivity index (χ0n) is 20.5. The number of ether oxygens (including phenoxy) is 1. The summed E-state index contributed by atoms with van der Waals surface area (Å²) < 4.78 is 65.8. The van der Waals surface area contributed by atoms with Crippen LogP contribution >= 0.6 is 16.4 Å². The lowest BCUT2D eigenvalue weighted by Crippen LogP contribution is -2.43. The van der Waals surface area contributed by atoms with Gasteiger partial charge in [-0.15, -0.1) is 0 Å². The Balaban J connectivity index is 1.55. The molecule has 5 unspecified atom stereocenters. The number of phosphoric acid groups is 1. The van der Waals surface area contributed by atoms with Gasteiger partial charge in [0, 0.05) is 18.5 Å². The molecule has 0 radical (unpaired) electrons. The predicted molar refractivity (Wildman–Crippen MR) is 133 cm³/mol. The van der Waals surface area contributed by atoms with E-state index in [2.05, 4.69) is 13.8 Å². The van der Waals surface area contributed by atoms with Crippen molar-refractivity contribution in [2.24, 2.45) is 0 Å². The molecule has 0 aliphatic carbocycles. The van der Waals surface area contributed by atoms with Gasteiger partial charge in [-0.25, -0.2) is 13.7 Å². The van der Waals surface area contributed by atoms with Crippen molar-refractivity contribution >= 4 is 16.4 Å². The van der Waals surface area contributed by atoms with E-state index in [1.54, 1.807) is 0 Å². The maximum absolute atomic E-state index is 13.2. The Bertz CT molecular complexity index is 1550. The van der Waals surface area contributed by atoms with Crippen molar-refractivity contribution in [3.63, 3.8) is 0 Å². The van der Waals surface area contributed by atoms with Crippen LogP contribution in [0.1, 0.15) is 17.5 Å². The van der Waals surface area contributed by atoms with Gasteiger partial charge in [0.25, 0.3) is 5.56 Å². The minimum Gasteiger partial charge on any atom is -0.387 e. The first-order chi connectivity index (χ1) is 19.2. The Hall–Kier alpha value is -2.82. The number of halogens is 3. The number of phosphoric ester groups is 1. The van der Waals surface area contributed by atoms with Crippen LogP contribution in [0.4, 0.5) is 13.2 Å². The van der Waals surface area contributed by atoms with Crippen molar-refractivity contribution in [3.05, 3.63) is 87.0 Å². The Morgan fingerprint density at radius 1 is 1.05 bits per heavy atom. The smallest absolute Gasteiger partial charge is 0.387 e. The third-order valence-corrected chi connectivity index (χ3v) is 7.85.